The van der Waals surface area contributed by atoms with E-state index in [1.807, 2.05) is 13.8 Å². The predicted molar refractivity (Wildman–Crippen MR) is 53.5 cm³/mol. The van der Waals surface area contributed by atoms with Crippen LogP contribution in [-0.2, 0) is 6.42 Å². The third-order valence-electron chi connectivity index (χ3n) is 1.92. The lowest BCUT2D eigenvalue weighted by Gasteiger charge is -2.09. The summed E-state index contributed by atoms with van der Waals surface area (Å²) in [4.78, 5) is 0. The van der Waals surface area contributed by atoms with E-state index in [0.717, 1.165) is 17.5 Å². The minimum absolute atomic E-state index is 0.0697. The topological polar surface area (TPSA) is 26.0 Å². The van der Waals surface area contributed by atoms with Crippen molar-refractivity contribution < 1.29 is 4.39 Å². The van der Waals surface area contributed by atoms with Crippen LogP contribution < -0.4 is 5.73 Å². The smallest absolute Gasteiger partial charge is 0.142 e. The van der Waals surface area contributed by atoms with E-state index in [-0.39, 0.29) is 16.9 Å². The molecule has 0 saturated heterocycles. The van der Waals surface area contributed by atoms with E-state index in [1.54, 1.807) is 6.07 Å². The molecule has 1 unspecified atom stereocenters. The van der Waals surface area contributed by atoms with Crippen molar-refractivity contribution in [2.75, 3.05) is 0 Å². The lowest BCUT2D eigenvalue weighted by Crippen LogP contribution is -2.18. The van der Waals surface area contributed by atoms with Gasteiger partial charge in [-0.05, 0) is 43.5 Å². The lowest BCUT2D eigenvalue weighted by atomic mass is 10.0. The molecule has 0 heterocycles. The van der Waals surface area contributed by atoms with Crippen LogP contribution >= 0.6 is 11.6 Å². The van der Waals surface area contributed by atoms with Crippen LogP contribution in [-0.4, -0.2) is 6.04 Å². The monoisotopic (exact) mass is 201 g/mol. The summed E-state index contributed by atoms with van der Waals surface area (Å²) < 4.78 is 12.9. The second kappa shape index (κ2) is 4.07. The Morgan fingerprint density at radius 2 is 2.15 bits per heavy atom. The van der Waals surface area contributed by atoms with Gasteiger partial charge in [0, 0.05) is 6.04 Å². The maximum absolute atomic E-state index is 12.9. The zero-order chi connectivity index (χ0) is 10.0. The fraction of sp³-hybridized carbons (Fsp3) is 0.400. The molecular formula is C10H13ClFN. The van der Waals surface area contributed by atoms with E-state index >= 15 is 0 Å². The standard InChI is InChI=1S/C10H13ClFN/c1-6-3-10(12)9(11)5-8(6)4-7(2)13/h3,5,7H,4,13H2,1-2H3. The Bertz CT molecular complexity index is 310. The Kier molecular flexibility index (Phi) is 3.28. The van der Waals surface area contributed by atoms with Crippen LogP contribution in [0, 0.1) is 12.7 Å². The number of benzene rings is 1. The number of halogens is 2. The molecule has 0 aliphatic rings. The molecule has 2 N–H and O–H groups in total. The molecular weight excluding hydrogens is 189 g/mol. The zero-order valence-electron chi connectivity index (χ0n) is 7.77. The number of aryl methyl sites for hydroxylation is 1. The first-order chi connectivity index (χ1) is 6.00. The first kappa shape index (κ1) is 10.5. The normalized spacial score (nSPS) is 13.0. The summed E-state index contributed by atoms with van der Waals surface area (Å²) in [5.41, 5.74) is 7.56. The van der Waals surface area contributed by atoms with Crippen LogP contribution in [0.4, 0.5) is 4.39 Å². The van der Waals surface area contributed by atoms with Crippen molar-refractivity contribution >= 4 is 11.6 Å². The van der Waals surface area contributed by atoms with Gasteiger partial charge in [0.15, 0.2) is 0 Å². The van der Waals surface area contributed by atoms with Crippen molar-refractivity contribution in [2.45, 2.75) is 26.3 Å². The van der Waals surface area contributed by atoms with Crippen molar-refractivity contribution in [1.29, 1.82) is 0 Å². The number of hydrogen-bond donors (Lipinski definition) is 1. The van der Waals surface area contributed by atoms with Gasteiger partial charge >= 0.3 is 0 Å². The highest BCUT2D eigenvalue weighted by atomic mass is 35.5. The van der Waals surface area contributed by atoms with E-state index in [0.29, 0.717) is 0 Å². The summed E-state index contributed by atoms with van der Waals surface area (Å²) in [6.07, 6.45) is 0.728. The zero-order valence-corrected chi connectivity index (χ0v) is 8.53. The summed E-state index contributed by atoms with van der Waals surface area (Å²) in [7, 11) is 0. The van der Waals surface area contributed by atoms with E-state index < -0.39 is 0 Å². The number of hydrogen-bond acceptors (Lipinski definition) is 1. The quantitative estimate of drug-likeness (QED) is 0.783. The molecule has 72 valence electrons. The molecule has 0 saturated carbocycles. The van der Waals surface area contributed by atoms with Gasteiger partial charge in [0.05, 0.1) is 5.02 Å². The molecule has 0 aliphatic carbocycles. The highest BCUT2D eigenvalue weighted by Gasteiger charge is 2.06. The molecule has 0 bridgehead atoms. The molecule has 1 aromatic rings. The molecule has 3 heteroatoms. The Labute approximate surface area is 82.7 Å². The minimum Gasteiger partial charge on any atom is -0.328 e. The predicted octanol–water partition coefficient (Wildman–Crippen LogP) is 2.68. The summed E-state index contributed by atoms with van der Waals surface area (Å²) in [6, 6.07) is 3.16. The van der Waals surface area contributed by atoms with Crippen molar-refractivity contribution in [3.8, 4) is 0 Å². The molecule has 1 rings (SSSR count). The Hall–Kier alpha value is -0.600. The summed E-state index contributed by atoms with van der Waals surface area (Å²) in [6.45, 7) is 3.77. The van der Waals surface area contributed by atoms with Gasteiger partial charge in [-0.3, -0.25) is 0 Å². The van der Waals surface area contributed by atoms with Crippen LogP contribution in [0.1, 0.15) is 18.1 Å². The van der Waals surface area contributed by atoms with Crippen LogP contribution in [0.15, 0.2) is 12.1 Å². The maximum Gasteiger partial charge on any atom is 0.142 e. The SMILES string of the molecule is Cc1cc(F)c(Cl)cc1CC(C)N. The van der Waals surface area contributed by atoms with Crippen molar-refractivity contribution in [3.05, 3.63) is 34.1 Å². The lowest BCUT2D eigenvalue weighted by molar-refractivity contribution is 0.624. The second-order valence-corrected chi connectivity index (χ2v) is 3.78. The van der Waals surface area contributed by atoms with Crippen LogP contribution in [0.2, 0.25) is 5.02 Å². The number of rotatable bonds is 2. The van der Waals surface area contributed by atoms with Gasteiger partial charge < -0.3 is 5.73 Å². The van der Waals surface area contributed by atoms with Crippen molar-refractivity contribution in [1.82, 2.24) is 0 Å². The Balaban J connectivity index is 3.01. The third-order valence-corrected chi connectivity index (χ3v) is 2.21. The highest BCUT2D eigenvalue weighted by molar-refractivity contribution is 6.30. The first-order valence-electron chi connectivity index (χ1n) is 4.21. The third kappa shape index (κ3) is 2.68. The Morgan fingerprint density at radius 3 is 2.69 bits per heavy atom. The fourth-order valence-electron chi connectivity index (χ4n) is 1.25. The van der Waals surface area contributed by atoms with Gasteiger partial charge in [0.25, 0.3) is 0 Å². The van der Waals surface area contributed by atoms with E-state index in [2.05, 4.69) is 0 Å². The number of nitrogens with two attached hydrogens (primary N) is 1. The van der Waals surface area contributed by atoms with E-state index in [1.165, 1.54) is 6.07 Å². The van der Waals surface area contributed by atoms with Gasteiger partial charge in [-0.25, -0.2) is 4.39 Å². The first-order valence-corrected chi connectivity index (χ1v) is 4.58. The molecule has 0 amide bonds. The molecule has 0 aromatic heterocycles. The average molecular weight is 202 g/mol. The average Bonchev–Trinajstić information content (AvgIpc) is 1.99. The molecule has 1 nitrogen and oxygen atoms in total. The van der Waals surface area contributed by atoms with Gasteiger partial charge in [0.1, 0.15) is 5.82 Å². The van der Waals surface area contributed by atoms with Gasteiger partial charge in [0.2, 0.25) is 0 Å². The summed E-state index contributed by atoms with van der Waals surface area (Å²) in [5, 5.41) is 0.168. The van der Waals surface area contributed by atoms with Gasteiger partial charge in [-0.15, -0.1) is 0 Å². The molecule has 13 heavy (non-hydrogen) atoms. The molecule has 1 atom stereocenters. The maximum atomic E-state index is 12.9. The van der Waals surface area contributed by atoms with Gasteiger partial charge in [-0.1, -0.05) is 11.6 Å². The molecule has 0 radical (unpaired) electrons. The van der Waals surface area contributed by atoms with Crippen LogP contribution in [0.25, 0.3) is 0 Å². The van der Waals surface area contributed by atoms with Crippen molar-refractivity contribution in [3.63, 3.8) is 0 Å². The van der Waals surface area contributed by atoms with Crippen LogP contribution in [0.5, 0.6) is 0 Å². The van der Waals surface area contributed by atoms with Crippen LogP contribution in [0.3, 0.4) is 0 Å². The second-order valence-electron chi connectivity index (χ2n) is 3.37. The highest BCUT2D eigenvalue weighted by Crippen LogP contribution is 2.20. The molecule has 0 spiro atoms. The van der Waals surface area contributed by atoms with E-state index in [4.69, 9.17) is 17.3 Å². The van der Waals surface area contributed by atoms with Gasteiger partial charge in [-0.2, -0.15) is 0 Å². The minimum atomic E-state index is -0.368. The summed E-state index contributed by atoms with van der Waals surface area (Å²) in [5.74, 6) is -0.368. The largest absolute Gasteiger partial charge is 0.328 e. The van der Waals surface area contributed by atoms with E-state index in [9.17, 15) is 4.39 Å². The fourth-order valence-corrected chi connectivity index (χ4v) is 1.44. The Morgan fingerprint density at radius 1 is 1.54 bits per heavy atom. The summed E-state index contributed by atoms with van der Waals surface area (Å²) >= 11 is 5.65. The molecule has 0 aliphatic heterocycles. The molecule has 0 fully saturated rings. The van der Waals surface area contributed by atoms with Crippen molar-refractivity contribution in [2.24, 2.45) is 5.73 Å². The molecule has 1 aromatic carbocycles.